The predicted molar refractivity (Wildman–Crippen MR) is 91.2 cm³/mol. The van der Waals surface area contributed by atoms with Crippen LogP contribution in [0.4, 0.5) is 0 Å². The lowest BCUT2D eigenvalue weighted by Gasteiger charge is -2.33. The fourth-order valence-electron chi connectivity index (χ4n) is 3.30. The van der Waals surface area contributed by atoms with E-state index in [-0.39, 0.29) is 0 Å². The van der Waals surface area contributed by atoms with Crippen molar-refractivity contribution in [3.05, 3.63) is 59.8 Å². The van der Waals surface area contributed by atoms with Gasteiger partial charge >= 0.3 is 0 Å². The Morgan fingerprint density at radius 3 is 2.90 bits per heavy atom. The molecule has 1 aliphatic rings. The van der Waals surface area contributed by atoms with Crippen LogP contribution in [0.1, 0.15) is 49.4 Å². The Labute approximate surface area is 129 Å². The van der Waals surface area contributed by atoms with Crippen LogP contribution in [-0.2, 0) is 13.0 Å². The molecule has 2 unspecified atom stereocenters. The number of benzene rings is 1. The lowest BCUT2D eigenvalue weighted by Crippen LogP contribution is -2.37. The van der Waals surface area contributed by atoms with E-state index in [1.54, 1.807) is 0 Å². The summed E-state index contributed by atoms with van der Waals surface area (Å²) in [5, 5.41) is 3.25. The van der Waals surface area contributed by atoms with Crippen molar-refractivity contribution in [1.82, 2.24) is 10.2 Å². The summed E-state index contributed by atoms with van der Waals surface area (Å²) in [6.45, 7) is 13.6. The Hall–Kier alpha value is -1.54. The Balaban J connectivity index is 2.24. The summed E-state index contributed by atoms with van der Waals surface area (Å²) in [6, 6.07) is 7.76. The molecule has 0 fully saturated rings. The summed E-state index contributed by atoms with van der Waals surface area (Å²) >= 11 is 0. The van der Waals surface area contributed by atoms with Gasteiger partial charge in [-0.15, -0.1) is 6.58 Å². The topological polar surface area (TPSA) is 15.3 Å². The fraction of sp³-hybridized carbons (Fsp3) is 0.474. The van der Waals surface area contributed by atoms with Crippen LogP contribution in [0, 0.1) is 0 Å². The summed E-state index contributed by atoms with van der Waals surface area (Å²) in [5.74, 6) is 0. The first kappa shape index (κ1) is 15.8. The highest BCUT2D eigenvalue weighted by molar-refractivity contribution is 5.38. The predicted octanol–water partition coefficient (Wildman–Crippen LogP) is 4.19. The monoisotopic (exact) mass is 284 g/mol. The highest BCUT2D eigenvalue weighted by Gasteiger charge is 2.32. The molecule has 0 saturated heterocycles. The number of fused-ring (bicyclic) bond motifs is 1. The van der Waals surface area contributed by atoms with Crippen molar-refractivity contribution in [3.8, 4) is 0 Å². The van der Waals surface area contributed by atoms with E-state index in [1.807, 2.05) is 13.1 Å². The first-order valence-corrected chi connectivity index (χ1v) is 7.97. The van der Waals surface area contributed by atoms with Gasteiger partial charge in [-0.25, -0.2) is 0 Å². The molecule has 1 aromatic carbocycles. The van der Waals surface area contributed by atoms with Gasteiger partial charge in [0, 0.05) is 25.3 Å². The number of allylic oxidation sites excluding steroid dienone is 1. The van der Waals surface area contributed by atoms with Crippen LogP contribution in [0.15, 0.2) is 43.1 Å². The second kappa shape index (κ2) is 6.95. The summed E-state index contributed by atoms with van der Waals surface area (Å²) < 4.78 is 0. The molecule has 1 aliphatic heterocycles. The zero-order valence-electron chi connectivity index (χ0n) is 13.7. The van der Waals surface area contributed by atoms with Gasteiger partial charge in [-0.1, -0.05) is 37.8 Å². The number of aryl methyl sites for hydroxylation is 1. The largest absolute Gasteiger partial charge is 0.391 e. The minimum atomic E-state index is 0.362. The maximum absolute atomic E-state index is 4.21. The Kier molecular flexibility index (Phi) is 5.24. The highest BCUT2D eigenvalue weighted by Crippen LogP contribution is 2.37. The quantitative estimate of drug-likeness (QED) is 0.755. The molecule has 21 heavy (non-hydrogen) atoms. The average Bonchev–Trinajstić information content (AvgIpc) is 2.83. The van der Waals surface area contributed by atoms with Crippen molar-refractivity contribution in [1.29, 1.82) is 0 Å². The Morgan fingerprint density at radius 2 is 2.29 bits per heavy atom. The molecule has 1 N–H and O–H groups in total. The van der Waals surface area contributed by atoms with E-state index < -0.39 is 0 Å². The highest BCUT2D eigenvalue weighted by atomic mass is 15.2. The molecule has 0 radical (unpaired) electrons. The molecule has 0 amide bonds. The van der Waals surface area contributed by atoms with Gasteiger partial charge in [-0.2, -0.15) is 0 Å². The van der Waals surface area contributed by atoms with Crippen molar-refractivity contribution in [3.63, 3.8) is 0 Å². The van der Waals surface area contributed by atoms with Gasteiger partial charge < -0.3 is 5.32 Å². The zero-order chi connectivity index (χ0) is 15.4. The normalized spacial score (nSPS) is 19.1. The van der Waals surface area contributed by atoms with Crippen molar-refractivity contribution >= 4 is 0 Å². The second-order valence-electron chi connectivity index (χ2n) is 5.89. The van der Waals surface area contributed by atoms with Crippen LogP contribution in [0.5, 0.6) is 0 Å². The van der Waals surface area contributed by atoms with E-state index in [0.29, 0.717) is 12.1 Å². The van der Waals surface area contributed by atoms with E-state index in [0.717, 1.165) is 31.5 Å². The minimum Gasteiger partial charge on any atom is -0.391 e. The van der Waals surface area contributed by atoms with Gasteiger partial charge in [0.25, 0.3) is 0 Å². The van der Waals surface area contributed by atoms with Crippen molar-refractivity contribution in [2.45, 2.75) is 51.7 Å². The van der Waals surface area contributed by atoms with Crippen LogP contribution >= 0.6 is 0 Å². The molecule has 2 rings (SSSR count). The first-order chi connectivity index (χ1) is 10.1. The lowest BCUT2D eigenvalue weighted by molar-refractivity contribution is 0.167. The van der Waals surface area contributed by atoms with Crippen LogP contribution in [0.2, 0.25) is 0 Å². The van der Waals surface area contributed by atoms with E-state index in [4.69, 9.17) is 0 Å². The average molecular weight is 284 g/mol. The summed E-state index contributed by atoms with van der Waals surface area (Å²) in [5.41, 5.74) is 5.49. The third-order valence-electron chi connectivity index (χ3n) is 4.68. The van der Waals surface area contributed by atoms with E-state index in [9.17, 15) is 0 Å². The summed E-state index contributed by atoms with van der Waals surface area (Å²) in [7, 11) is 1.96. The first-order valence-electron chi connectivity index (χ1n) is 7.97. The molecule has 2 nitrogen and oxygen atoms in total. The molecular formula is C19H28N2. The molecule has 1 heterocycles. The summed E-state index contributed by atoms with van der Waals surface area (Å²) in [6.07, 6.45) is 5.19. The molecule has 0 spiro atoms. The van der Waals surface area contributed by atoms with Crippen LogP contribution in [0.3, 0.4) is 0 Å². The summed E-state index contributed by atoms with van der Waals surface area (Å²) in [4.78, 5) is 2.56. The molecule has 114 valence electrons. The Morgan fingerprint density at radius 1 is 1.52 bits per heavy atom. The van der Waals surface area contributed by atoms with Crippen molar-refractivity contribution in [2.24, 2.45) is 0 Å². The van der Waals surface area contributed by atoms with Gasteiger partial charge in [0.15, 0.2) is 0 Å². The smallest absolute Gasteiger partial charge is 0.0501 e. The molecule has 1 aromatic rings. The third kappa shape index (κ3) is 3.21. The van der Waals surface area contributed by atoms with Gasteiger partial charge in [0.05, 0.1) is 6.04 Å². The number of rotatable bonds is 7. The van der Waals surface area contributed by atoms with Crippen LogP contribution < -0.4 is 5.32 Å². The van der Waals surface area contributed by atoms with Gasteiger partial charge in [0.2, 0.25) is 0 Å². The van der Waals surface area contributed by atoms with Crippen LogP contribution in [0.25, 0.3) is 0 Å². The van der Waals surface area contributed by atoms with E-state index in [1.165, 1.54) is 16.7 Å². The lowest BCUT2D eigenvalue weighted by atomic mass is 10.0. The number of nitrogens with one attached hydrogen (secondary N) is 1. The SMILES string of the molecule is C=CCCC(C(=C)NC)N1Cc2cc(CC)ccc2C1C. The number of hydrogen-bond acceptors (Lipinski definition) is 2. The molecule has 2 heteroatoms. The molecular weight excluding hydrogens is 256 g/mol. The van der Waals surface area contributed by atoms with E-state index in [2.05, 4.69) is 55.4 Å². The molecule has 0 saturated carbocycles. The fourth-order valence-corrected chi connectivity index (χ4v) is 3.30. The standard InChI is InChI=1S/C19H28N2/c1-6-8-9-19(14(3)20-5)21-13-17-12-16(7-2)10-11-18(17)15(21)4/h6,10-12,15,19-20H,1,3,7-9,13H2,2,4-5H3. The maximum Gasteiger partial charge on any atom is 0.0501 e. The number of hydrogen-bond donors (Lipinski definition) is 1. The van der Waals surface area contributed by atoms with Gasteiger partial charge in [-0.05, 0) is 42.9 Å². The molecule has 2 atom stereocenters. The Bertz CT molecular complexity index is 518. The maximum atomic E-state index is 4.21. The van der Waals surface area contributed by atoms with Gasteiger partial charge in [0.1, 0.15) is 0 Å². The zero-order valence-corrected chi connectivity index (χ0v) is 13.7. The van der Waals surface area contributed by atoms with Crippen LogP contribution in [-0.4, -0.2) is 18.0 Å². The number of likely N-dealkylation sites (N-methyl/N-ethyl adjacent to an activating group) is 1. The molecule has 0 aliphatic carbocycles. The van der Waals surface area contributed by atoms with Gasteiger partial charge in [-0.3, -0.25) is 4.90 Å². The molecule has 0 bridgehead atoms. The molecule has 0 aromatic heterocycles. The second-order valence-corrected chi connectivity index (χ2v) is 5.89. The van der Waals surface area contributed by atoms with E-state index >= 15 is 0 Å². The minimum absolute atomic E-state index is 0.362. The third-order valence-corrected chi connectivity index (χ3v) is 4.68. The number of nitrogens with zero attached hydrogens (tertiary/aromatic N) is 1. The van der Waals surface area contributed by atoms with Crippen molar-refractivity contribution < 1.29 is 0 Å². The van der Waals surface area contributed by atoms with Crippen molar-refractivity contribution in [2.75, 3.05) is 7.05 Å².